The van der Waals surface area contributed by atoms with Gasteiger partial charge < -0.3 is 14.1 Å². The van der Waals surface area contributed by atoms with E-state index in [0.717, 1.165) is 17.4 Å². The maximum atomic E-state index is 11.5. The van der Waals surface area contributed by atoms with Gasteiger partial charge in [0.05, 0.1) is 19.1 Å². The van der Waals surface area contributed by atoms with Gasteiger partial charge in [-0.1, -0.05) is 24.0 Å². The monoisotopic (exact) mass is 285 g/mol. The molecule has 2 heterocycles. The van der Waals surface area contributed by atoms with Crippen molar-refractivity contribution in [1.82, 2.24) is 4.90 Å². The second-order valence-electron chi connectivity index (χ2n) is 4.00. The van der Waals surface area contributed by atoms with Crippen LogP contribution >= 0.6 is 24.0 Å². The van der Waals surface area contributed by atoms with Crippen molar-refractivity contribution in [2.24, 2.45) is 0 Å². The predicted molar refractivity (Wildman–Crippen MR) is 74.7 cm³/mol. The summed E-state index contributed by atoms with van der Waals surface area (Å²) in [4.78, 5) is 13.7. The maximum absolute atomic E-state index is 11.5. The Bertz CT molecular complexity index is 438. The molecule has 98 valence electrons. The van der Waals surface area contributed by atoms with E-state index < -0.39 is 0 Å². The second-order valence-corrected chi connectivity index (χ2v) is 5.61. The number of thioether (sulfide) groups is 1. The highest BCUT2D eigenvalue weighted by Gasteiger charge is 2.18. The van der Waals surface area contributed by atoms with Gasteiger partial charge in [-0.05, 0) is 18.9 Å². The lowest BCUT2D eigenvalue weighted by atomic mass is 10.3. The Morgan fingerprint density at radius 1 is 1.56 bits per heavy atom. The highest BCUT2D eigenvalue weighted by atomic mass is 32.2. The van der Waals surface area contributed by atoms with Gasteiger partial charge >= 0.3 is 5.97 Å². The number of nitrogens with zero attached hydrogens (tertiary/aromatic N) is 1. The summed E-state index contributed by atoms with van der Waals surface area (Å²) in [6.07, 6.45) is 3.91. The van der Waals surface area contributed by atoms with Gasteiger partial charge in [-0.25, -0.2) is 4.79 Å². The van der Waals surface area contributed by atoms with E-state index >= 15 is 0 Å². The summed E-state index contributed by atoms with van der Waals surface area (Å²) in [5.74, 6) is 0.812. The van der Waals surface area contributed by atoms with Crippen molar-refractivity contribution in [2.45, 2.75) is 18.6 Å². The Morgan fingerprint density at radius 2 is 2.28 bits per heavy atom. The number of thiocarbonyl (C=S) groups is 1. The maximum Gasteiger partial charge on any atom is 0.341 e. The summed E-state index contributed by atoms with van der Waals surface area (Å²) in [6.45, 7) is 2.07. The number of esters is 1. The van der Waals surface area contributed by atoms with Crippen LogP contribution in [0.5, 0.6) is 0 Å². The lowest BCUT2D eigenvalue weighted by molar-refractivity contribution is 0.0598. The number of hydrogen-bond donors (Lipinski definition) is 0. The van der Waals surface area contributed by atoms with Crippen LogP contribution in [0.1, 0.15) is 29.0 Å². The van der Waals surface area contributed by atoms with Crippen molar-refractivity contribution in [1.29, 1.82) is 0 Å². The fourth-order valence-corrected chi connectivity index (χ4v) is 3.07. The van der Waals surface area contributed by atoms with Gasteiger partial charge in [0, 0.05) is 13.1 Å². The molecular weight excluding hydrogens is 270 g/mol. The molecule has 0 unspecified atom stereocenters. The number of rotatable bonds is 3. The van der Waals surface area contributed by atoms with Gasteiger partial charge in [-0.15, -0.1) is 0 Å². The van der Waals surface area contributed by atoms with E-state index in [1.807, 2.05) is 0 Å². The zero-order chi connectivity index (χ0) is 13.0. The largest absolute Gasteiger partial charge is 0.468 e. The van der Waals surface area contributed by atoms with Crippen LogP contribution in [0.25, 0.3) is 0 Å². The summed E-state index contributed by atoms with van der Waals surface area (Å²) in [5.41, 5.74) is 0.481. The lowest BCUT2D eigenvalue weighted by Crippen LogP contribution is -2.23. The topological polar surface area (TPSA) is 42.7 Å². The Hall–Kier alpha value is -1.01. The van der Waals surface area contributed by atoms with E-state index in [2.05, 4.69) is 4.90 Å². The van der Waals surface area contributed by atoms with Crippen molar-refractivity contribution in [3.8, 4) is 0 Å². The van der Waals surface area contributed by atoms with Crippen molar-refractivity contribution < 1.29 is 13.9 Å². The van der Waals surface area contributed by atoms with Crippen LogP contribution in [-0.4, -0.2) is 35.4 Å². The molecule has 0 bridgehead atoms. The first-order valence-electron chi connectivity index (χ1n) is 5.78. The summed E-state index contributed by atoms with van der Waals surface area (Å²) in [6, 6.07) is 1.63. The van der Waals surface area contributed by atoms with E-state index in [4.69, 9.17) is 21.4 Å². The van der Waals surface area contributed by atoms with Crippen LogP contribution in [0.15, 0.2) is 16.7 Å². The first-order valence-corrected chi connectivity index (χ1v) is 7.18. The summed E-state index contributed by atoms with van der Waals surface area (Å²) >= 11 is 6.88. The number of hydrogen-bond acceptors (Lipinski definition) is 5. The highest BCUT2D eigenvalue weighted by Crippen LogP contribution is 2.23. The molecule has 18 heavy (non-hydrogen) atoms. The highest BCUT2D eigenvalue weighted by molar-refractivity contribution is 8.22. The molecule has 1 aliphatic heterocycles. The fourth-order valence-electron chi connectivity index (χ4n) is 1.86. The summed E-state index contributed by atoms with van der Waals surface area (Å²) < 4.78 is 10.9. The minimum absolute atomic E-state index is 0.369. The van der Waals surface area contributed by atoms with Gasteiger partial charge in [0.15, 0.2) is 0 Å². The average Bonchev–Trinajstić information content (AvgIpc) is 3.05. The molecule has 6 heteroatoms. The molecule has 1 aliphatic rings. The third kappa shape index (κ3) is 3.05. The zero-order valence-electron chi connectivity index (χ0n) is 10.2. The average molecular weight is 285 g/mol. The van der Waals surface area contributed by atoms with E-state index in [-0.39, 0.29) is 5.97 Å². The Balaban J connectivity index is 1.91. The van der Waals surface area contributed by atoms with Crippen molar-refractivity contribution >= 4 is 34.3 Å². The van der Waals surface area contributed by atoms with Crippen LogP contribution in [-0.2, 0) is 10.5 Å². The van der Waals surface area contributed by atoms with E-state index in [1.54, 1.807) is 6.07 Å². The van der Waals surface area contributed by atoms with Crippen molar-refractivity contribution in [2.75, 3.05) is 20.2 Å². The fraction of sp³-hybridized carbons (Fsp3) is 0.500. The third-order valence-electron chi connectivity index (χ3n) is 2.84. The number of ether oxygens (including phenoxy) is 1. The molecule has 0 aromatic carbocycles. The van der Waals surface area contributed by atoms with Gasteiger partial charge in [0.25, 0.3) is 0 Å². The first kappa shape index (κ1) is 13.4. The molecule has 1 aromatic rings. The molecule has 0 N–H and O–H groups in total. The summed E-state index contributed by atoms with van der Waals surface area (Å²) in [7, 11) is 1.36. The molecule has 0 amide bonds. The van der Waals surface area contributed by atoms with E-state index in [1.165, 1.54) is 38.0 Å². The predicted octanol–water partition coefficient (Wildman–Crippen LogP) is 2.68. The Labute approximate surface area is 116 Å². The van der Waals surface area contributed by atoms with Crippen LogP contribution < -0.4 is 0 Å². The van der Waals surface area contributed by atoms with Crippen LogP contribution in [0.4, 0.5) is 0 Å². The second kappa shape index (κ2) is 6.24. The number of furan rings is 1. The van der Waals surface area contributed by atoms with Crippen LogP contribution in [0.2, 0.25) is 0 Å². The minimum Gasteiger partial charge on any atom is -0.468 e. The minimum atomic E-state index is -0.369. The van der Waals surface area contributed by atoms with E-state index in [9.17, 15) is 4.79 Å². The Morgan fingerprint density at radius 3 is 2.94 bits per heavy atom. The van der Waals surface area contributed by atoms with Gasteiger partial charge in [0.2, 0.25) is 0 Å². The number of carbonyl (C=O) groups excluding carboxylic acids is 1. The normalized spacial score (nSPS) is 14.8. The number of likely N-dealkylation sites (tertiary alicyclic amines) is 1. The molecule has 0 atom stereocenters. The standard InChI is InChI=1S/C12H15NO3S2/c1-15-11(14)9-4-7-16-10(9)8-18-12(17)13-5-2-3-6-13/h4,7H,2-3,5-6,8H2,1H3. The Kier molecular flexibility index (Phi) is 4.66. The van der Waals surface area contributed by atoms with Crippen LogP contribution in [0, 0.1) is 0 Å². The molecule has 0 saturated carbocycles. The lowest BCUT2D eigenvalue weighted by Gasteiger charge is -2.17. The molecule has 0 spiro atoms. The smallest absolute Gasteiger partial charge is 0.341 e. The molecule has 2 rings (SSSR count). The summed E-state index contributed by atoms with van der Waals surface area (Å²) in [5, 5.41) is 0. The van der Waals surface area contributed by atoms with Gasteiger partial charge in [0.1, 0.15) is 15.6 Å². The number of methoxy groups -OCH3 is 1. The molecule has 0 aliphatic carbocycles. The number of carbonyl (C=O) groups is 1. The molecule has 0 radical (unpaired) electrons. The third-order valence-corrected chi connectivity index (χ3v) is 4.37. The van der Waals surface area contributed by atoms with Crippen LogP contribution in [0.3, 0.4) is 0 Å². The molecular formula is C12H15NO3S2. The zero-order valence-corrected chi connectivity index (χ0v) is 11.8. The first-order chi connectivity index (χ1) is 8.72. The molecule has 4 nitrogen and oxygen atoms in total. The molecule has 1 aromatic heterocycles. The van der Waals surface area contributed by atoms with E-state index in [0.29, 0.717) is 17.1 Å². The molecule has 1 saturated heterocycles. The van der Waals surface area contributed by atoms with Gasteiger partial charge in [-0.3, -0.25) is 0 Å². The molecule has 1 fully saturated rings. The van der Waals surface area contributed by atoms with Crippen molar-refractivity contribution in [3.63, 3.8) is 0 Å². The van der Waals surface area contributed by atoms with Gasteiger partial charge in [-0.2, -0.15) is 0 Å². The quantitative estimate of drug-likeness (QED) is 0.628. The SMILES string of the molecule is COC(=O)c1ccoc1CSC(=S)N1CCCC1. The van der Waals surface area contributed by atoms with Crippen molar-refractivity contribution in [3.05, 3.63) is 23.7 Å².